The molecule has 1 aromatic carbocycles. The number of carbonyl (C=O) groups excluding carboxylic acids is 1. The molecule has 0 aliphatic rings. The topological polar surface area (TPSA) is 66.4 Å². The lowest BCUT2D eigenvalue weighted by Gasteiger charge is -2.18. The number of nitrogens with one attached hydrogen (secondary N) is 1. The fourth-order valence-electron chi connectivity index (χ4n) is 1.81. The molecule has 0 radical (unpaired) electrons. The summed E-state index contributed by atoms with van der Waals surface area (Å²) in [7, 11) is 0. The van der Waals surface area contributed by atoms with E-state index in [9.17, 15) is 14.0 Å². The van der Waals surface area contributed by atoms with Crippen LogP contribution in [0.2, 0.25) is 0 Å². The summed E-state index contributed by atoms with van der Waals surface area (Å²) in [5.41, 5.74) is 0.705. The van der Waals surface area contributed by atoms with Crippen LogP contribution in [0.4, 0.5) is 4.39 Å². The minimum atomic E-state index is -1.13. The van der Waals surface area contributed by atoms with Gasteiger partial charge in [-0.15, -0.1) is 0 Å². The summed E-state index contributed by atoms with van der Waals surface area (Å²) in [6, 6.07) is 3.28. The zero-order valence-electron chi connectivity index (χ0n) is 12.1. The van der Waals surface area contributed by atoms with Crippen molar-refractivity contribution >= 4 is 11.9 Å². The first-order valence-corrected chi connectivity index (χ1v) is 6.57. The molecule has 1 amide bonds. The monoisotopic (exact) mass is 281 g/mol. The number of benzene rings is 1. The van der Waals surface area contributed by atoms with Gasteiger partial charge in [0.25, 0.3) is 5.91 Å². The summed E-state index contributed by atoms with van der Waals surface area (Å²) >= 11 is 0. The molecule has 1 aromatic rings. The van der Waals surface area contributed by atoms with E-state index in [-0.39, 0.29) is 17.4 Å². The van der Waals surface area contributed by atoms with Gasteiger partial charge in [-0.05, 0) is 29.5 Å². The van der Waals surface area contributed by atoms with Crippen LogP contribution in [0.5, 0.6) is 0 Å². The Morgan fingerprint density at radius 1 is 1.20 bits per heavy atom. The van der Waals surface area contributed by atoms with Gasteiger partial charge in [-0.1, -0.05) is 33.8 Å². The highest BCUT2D eigenvalue weighted by Crippen LogP contribution is 2.18. The Kier molecular flexibility index (Phi) is 5.25. The van der Waals surface area contributed by atoms with E-state index in [0.717, 1.165) is 5.56 Å². The molecule has 0 unspecified atom stereocenters. The van der Waals surface area contributed by atoms with E-state index >= 15 is 0 Å². The molecule has 20 heavy (non-hydrogen) atoms. The smallest absolute Gasteiger partial charge is 0.326 e. The predicted molar refractivity (Wildman–Crippen MR) is 74.2 cm³/mol. The molecular weight excluding hydrogens is 261 g/mol. The Balaban J connectivity index is 3.02. The van der Waals surface area contributed by atoms with E-state index in [1.54, 1.807) is 19.9 Å². The van der Waals surface area contributed by atoms with Gasteiger partial charge in [0.1, 0.15) is 11.9 Å². The van der Waals surface area contributed by atoms with E-state index in [0.29, 0.717) is 0 Å². The fourth-order valence-corrected chi connectivity index (χ4v) is 1.81. The van der Waals surface area contributed by atoms with Crippen LogP contribution in [0.1, 0.15) is 49.5 Å². The molecule has 0 heterocycles. The molecule has 0 aliphatic carbocycles. The highest BCUT2D eigenvalue weighted by molar-refractivity contribution is 5.97. The van der Waals surface area contributed by atoms with Gasteiger partial charge >= 0.3 is 5.97 Å². The molecule has 1 rings (SSSR count). The minimum Gasteiger partial charge on any atom is -0.480 e. The van der Waals surface area contributed by atoms with E-state index in [1.807, 2.05) is 13.8 Å². The average molecular weight is 281 g/mol. The molecule has 110 valence electrons. The molecular formula is C15H20FNO3. The van der Waals surface area contributed by atoms with Crippen molar-refractivity contribution in [3.8, 4) is 0 Å². The second kappa shape index (κ2) is 6.50. The Hall–Kier alpha value is -1.91. The first-order chi connectivity index (χ1) is 9.23. The Morgan fingerprint density at radius 2 is 1.80 bits per heavy atom. The van der Waals surface area contributed by atoms with Crippen molar-refractivity contribution in [2.24, 2.45) is 5.92 Å². The number of halogens is 1. The van der Waals surface area contributed by atoms with Gasteiger partial charge in [-0.2, -0.15) is 0 Å². The lowest BCUT2D eigenvalue weighted by atomic mass is 9.99. The molecule has 0 spiro atoms. The van der Waals surface area contributed by atoms with Crippen molar-refractivity contribution in [3.05, 3.63) is 35.1 Å². The highest BCUT2D eigenvalue weighted by Gasteiger charge is 2.25. The number of hydrogen-bond acceptors (Lipinski definition) is 2. The average Bonchev–Trinajstić information content (AvgIpc) is 2.34. The van der Waals surface area contributed by atoms with E-state index in [1.165, 1.54) is 12.1 Å². The molecule has 2 N–H and O–H groups in total. The second-order valence-corrected chi connectivity index (χ2v) is 5.43. The second-order valence-electron chi connectivity index (χ2n) is 5.43. The molecule has 1 atom stereocenters. The van der Waals surface area contributed by atoms with Gasteiger partial charge in [0.2, 0.25) is 0 Å². The zero-order valence-corrected chi connectivity index (χ0v) is 12.1. The number of aliphatic carboxylic acids is 1. The van der Waals surface area contributed by atoms with Gasteiger partial charge in [-0.25, -0.2) is 9.18 Å². The first kappa shape index (κ1) is 16.1. The number of carboxylic acid groups (broad SMARTS) is 1. The predicted octanol–water partition coefficient (Wildman–Crippen LogP) is 2.79. The maximum atomic E-state index is 13.7. The van der Waals surface area contributed by atoms with Crippen LogP contribution in [-0.2, 0) is 4.79 Å². The van der Waals surface area contributed by atoms with Crippen LogP contribution >= 0.6 is 0 Å². The number of rotatable bonds is 5. The maximum absolute atomic E-state index is 13.7. The Bertz CT molecular complexity index is 512. The van der Waals surface area contributed by atoms with Crippen LogP contribution in [0.25, 0.3) is 0 Å². The third-order valence-electron chi connectivity index (χ3n) is 3.12. The zero-order chi connectivity index (χ0) is 15.4. The summed E-state index contributed by atoms with van der Waals surface area (Å²) in [6.45, 7) is 7.23. The SMILES string of the molecule is CC(C)c1ccc(F)c(C(=O)N[C@@H](C(=O)O)C(C)C)c1. The lowest BCUT2D eigenvalue weighted by Crippen LogP contribution is -2.44. The lowest BCUT2D eigenvalue weighted by molar-refractivity contribution is -0.140. The fraction of sp³-hybridized carbons (Fsp3) is 0.467. The van der Waals surface area contributed by atoms with Gasteiger partial charge in [0.15, 0.2) is 0 Å². The van der Waals surface area contributed by atoms with Crippen molar-refractivity contribution in [1.29, 1.82) is 0 Å². The third-order valence-corrected chi connectivity index (χ3v) is 3.12. The minimum absolute atomic E-state index is 0.122. The number of hydrogen-bond donors (Lipinski definition) is 2. The van der Waals surface area contributed by atoms with Crippen molar-refractivity contribution in [2.45, 2.75) is 39.7 Å². The van der Waals surface area contributed by atoms with E-state index in [2.05, 4.69) is 5.32 Å². The summed E-state index contributed by atoms with van der Waals surface area (Å²) in [5, 5.41) is 11.4. The van der Waals surface area contributed by atoms with Gasteiger partial charge in [0.05, 0.1) is 5.56 Å². The van der Waals surface area contributed by atoms with E-state index < -0.39 is 23.7 Å². The summed E-state index contributed by atoms with van der Waals surface area (Å²) < 4.78 is 13.7. The Morgan fingerprint density at radius 3 is 2.25 bits per heavy atom. The van der Waals surface area contributed by atoms with Gasteiger partial charge in [0, 0.05) is 0 Å². The quantitative estimate of drug-likeness (QED) is 0.872. The van der Waals surface area contributed by atoms with Crippen molar-refractivity contribution in [3.63, 3.8) is 0 Å². The molecule has 0 saturated carbocycles. The number of carboxylic acids is 1. The van der Waals surface area contributed by atoms with E-state index in [4.69, 9.17) is 5.11 Å². The molecule has 0 aliphatic heterocycles. The van der Waals surface area contributed by atoms with Gasteiger partial charge in [-0.3, -0.25) is 4.79 Å². The highest BCUT2D eigenvalue weighted by atomic mass is 19.1. The van der Waals surface area contributed by atoms with Crippen LogP contribution < -0.4 is 5.32 Å². The summed E-state index contributed by atoms with van der Waals surface area (Å²) in [6.07, 6.45) is 0. The largest absolute Gasteiger partial charge is 0.480 e. The molecule has 0 bridgehead atoms. The van der Waals surface area contributed by atoms with Crippen LogP contribution in [0, 0.1) is 11.7 Å². The van der Waals surface area contributed by atoms with Gasteiger partial charge < -0.3 is 10.4 Å². The van der Waals surface area contributed by atoms with Crippen LogP contribution in [0.3, 0.4) is 0 Å². The molecule has 4 nitrogen and oxygen atoms in total. The molecule has 0 saturated heterocycles. The molecule has 0 aromatic heterocycles. The normalized spacial score (nSPS) is 12.6. The maximum Gasteiger partial charge on any atom is 0.326 e. The molecule has 0 fully saturated rings. The number of carbonyl (C=O) groups is 2. The summed E-state index contributed by atoms with van der Waals surface area (Å²) in [4.78, 5) is 23.1. The van der Waals surface area contributed by atoms with Crippen LogP contribution in [0.15, 0.2) is 18.2 Å². The first-order valence-electron chi connectivity index (χ1n) is 6.57. The Labute approximate surface area is 118 Å². The molecule has 5 heteroatoms. The third kappa shape index (κ3) is 3.79. The van der Waals surface area contributed by atoms with Crippen molar-refractivity contribution in [1.82, 2.24) is 5.32 Å². The van der Waals surface area contributed by atoms with Crippen molar-refractivity contribution < 1.29 is 19.1 Å². The van der Waals surface area contributed by atoms with Crippen molar-refractivity contribution in [2.75, 3.05) is 0 Å². The standard InChI is InChI=1S/C15H20FNO3/c1-8(2)10-5-6-12(16)11(7-10)14(18)17-13(9(3)4)15(19)20/h5-9,13H,1-4H3,(H,17,18)(H,19,20)/t13-/m1/s1. The van der Waals surface area contributed by atoms with Crippen LogP contribution in [-0.4, -0.2) is 23.0 Å². The number of amides is 1. The summed E-state index contributed by atoms with van der Waals surface area (Å²) in [5.74, 6) is -2.62.